The minimum Gasteiger partial charge on any atom is -0.339 e. The normalized spacial score (nSPS) is 18.4. The van der Waals surface area contributed by atoms with Gasteiger partial charge in [0, 0.05) is 22.4 Å². The van der Waals surface area contributed by atoms with E-state index in [1.165, 1.54) is 0 Å². The Hall–Kier alpha value is -0.350. The number of halogens is 2. The summed E-state index contributed by atoms with van der Waals surface area (Å²) in [5.74, 6) is 0.832. The molecule has 1 amide bonds. The minimum atomic E-state index is 0.146. The van der Waals surface area contributed by atoms with Crippen LogP contribution in [0.5, 0.6) is 0 Å². The van der Waals surface area contributed by atoms with E-state index in [1.54, 1.807) is 0 Å². The second-order valence-electron chi connectivity index (χ2n) is 5.29. The van der Waals surface area contributed by atoms with E-state index in [-0.39, 0.29) is 5.91 Å². The van der Waals surface area contributed by atoms with Crippen LogP contribution in [0.25, 0.3) is 0 Å². The molecule has 2 nitrogen and oxygen atoms in total. The molecule has 0 aliphatic carbocycles. The molecular formula is C15H19Br2NO. The number of carbonyl (C=O) groups excluding carboxylic acids is 1. The molecule has 2 rings (SSSR count). The van der Waals surface area contributed by atoms with E-state index in [0.717, 1.165) is 41.5 Å². The minimum absolute atomic E-state index is 0.146. The van der Waals surface area contributed by atoms with E-state index in [1.807, 2.05) is 30.0 Å². The van der Waals surface area contributed by atoms with Crippen molar-refractivity contribution in [2.24, 2.45) is 5.92 Å². The Morgan fingerprint density at radius 3 is 2.53 bits per heavy atom. The summed E-state index contributed by atoms with van der Waals surface area (Å²) in [6, 6.07) is 5.91. The first kappa shape index (κ1) is 15.0. The van der Waals surface area contributed by atoms with E-state index in [2.05, 4.69) is 38.8 Å². The molecule has 19 heavy (non-hydrogen) atoms. The van der Waals surface area contributed by atoms with Gasteiger partial charge in [0.1, 0.15) is 0 Å². The number of aryl methyl sites for hydroxylation is 1. The summed E-state index contributed by atoms with van der Waals surface area (Å²) >= 11 is 7.14. The lowest BCUT2D eigenvalue weighted by Gasteiger charge is -2.33. The van der Waals surface area contributed by atoms with Gasteiger partial charge in [-0.3, -0.25) is 4.79 Å². The second-order valence-corrected chi connectivity index (χ2v) is 7.59. The van der Waals surface area contributed by atoms with E-state index in [0.29, 0.717) is 10.7 Å². The highest BCUT2D eigenvalue weighted by molar-refractivity contribution is 9.10. The highest BCUT2D eigenvalue weighted by Crippen LogP contribution is 2.27. The molecule has 1 saturated heterocycles. The molecule has 0 aromatic heterocycles. The van der Waals surface area contributed by atoms with Crippen molar-refractivity contribution in [3.8, 4) is 0 Å². The van der Waals surface area contributed by atoms with E-state index in [4.69, 9.17) is 0 Å². The third-order valence-electron chi connectivity index (χ3n) is 3.83. The highest BCUT2D eigenvalue weighted by Gasteiger charge is 2.26. The Bertz CT molecular complexity index is 465. The van der Waals surface area contributed by atoms with Gasteiger partial charge in [-0.1, -0.05) is 28.9 Å². The van der Waals surface area contributed by atoms with E-state index < -0.39 is 0 Å². The van der Waals surface area contributed by atoms with Crippen LogP contribution < -0.4 is 0 Å². The number of likely N-dealkylation sites (tertiary alicyclic amines) is 1. The first-order valence-corrected chi connectivity index (χ1v) is 8.39. The van der Waals surface area contributed by atoms with Crippen molar-refractivity contribution in [3.05, 3.63) is 33.8 Å². The van der Waals surface area contributed by atoms with Crippen molar-refractivity contribution in [1.29, 1.82) is 0 Å². The Labute approximate surface area is 131 Å². The summed E-state index contributed by atoms with van der Waals surface area (Å²) in [5.41, 5.74) is 1.94. The predicted molar refractivity (Wildman–Crippen MR) is 85.9 cm³/mol. The average molecular weight is 389 g/mol. The maximum atomic E-state index is 12.5. The molecule has 0 spiro atoms. The predicted octanol–water partition coefficient (Wildman–Crippen LogP) is 4.39. The molecule has 0 N–H and O–H groups in total. The van der Waals surface area contributed by atoms with Crippen molar-refractivity contribution in [3.63, 3.8) is 0 Å². The number of hydrogen-bond donors (Lipinski definition) is 0. The average Bonchev–Trinajstić information content (AvgIpc) is 2.38. The molecule has 1 atom stereocenters. The monoisotopic (exact) mass is 387 g/mol. The SMILES string of the molecule is Cc1ccc(C(=O)N2CCC(C(C)Br)CC2)c(Br)c1. The highest BCUT2D eigenvalue weighted by atomic mass is 79.9. The third-order valence-corrected chi connectivity index (χ3v) is 5.24. The summed E-state index contributed by atoms with van der Waals surface area (Å²) in [5, 5.41) is 0. The van der Waals surface area contributed by atoms with Crippen LogP contribution in [0.3, 0.4) is 0 Å². The van der Waals surface area contributed by atoms with Crippen molar-refractivity contribution < 1.29 is 4.79 Å². The fraction of sp³-hybridized carbons (Fsp3) is 0.533. The molecule has 4 heteroatoms. The van der Waals surface area contributed by atoms with Crippen LogP contribution in [-0.2, 0) is 0 Å². The Morgan fingerprint density at radius 1 is 1.37 bits per heavy atom. The Kier molecular flexibility index (Phi) is 5.07. The van der Waals surface area contributed by atoms with Crippen molar-refractivity contribution in [2.75, 3.05) is 13.1 Å². The Morgan fingerprint density at radius 2 is 2.00 bits per heavy atom. The fourth-order valence-electron chi connectivity index (χ4n) is 2.53. The summed E-state index contributed by atoms with van der Waals surface area (Å²) in [7, 11) is 0. The molecule has 1 aliphatic heterocycles. The number of benzene rings is 1. The maximum Gasteiger partial charge on any atom is 0.254 e. The van der Waals surface area contributed by atoms with Crippen molar-refractivity contribution in [1.82, 2.24) is 4.90 Å². The van der Waals surface area contributed by atoms with Crippen LogP contribution in [0.15, 0.2) is 22.7 Å². The molecule has 104 valence electrons. The molecule has 0 bridgehead atoms. The van der Waals surface area contributed by atoms with Gasteiger partial charge in [-0.25, -0.2) is 0 Å². The largest absolute Gasteiger partial charge is 0.339 e. The number of alkyl halides is 1. The van der Waals surface area contributed by atoms with Crippen molar-refractivity contribution >= 4 is 37.8 Å². The topological polar surface area (TPSA) is 20.3 Å². The first-order chi connectivity index (χ1) is 8.99. The lowest BCUT2D eigenvalue weighted by atomic mass is 9.94. The van der Waals surface area contributed by atoms with Crippen LogP contribution in [0.2, 0.25) is 0 Å². The number of rotatable bonds is 2. The van der Waals surface area contributed by atoms with Crippen LogP contribution in [-0.4, -0.2) is 28.7 Å². The van der Waals surface area contributed by atoms with Crippen LogP contribution in [0, 0.1) is 12.8 Å². The number of hydrogen-bond acceptors (Lipinski definition) is 1. The summed E-state index contributed by atoms with van der Waals surface area (Å²) < 4.78 is 0.897. The lowest BCUT2D eigenvalue weighted by Crippen LogP contribution is -2.40. The van der Waals surface area contributed by atoms with Crippen LogP contribution in [0.1, 0.15) is 35.7 Å². The number of piperidine rings is 1. The van der Waals surface area contributed by atoms with Gasteiger partial charge in [-0.05, 0) is 59.3 Å². The molecule has 1 aliphatic rings. The zero-order chi connectivity index (χ0) is 14.0. The maximum absolute atomic E-state index is 12.5. The number of nitrogens with zero attached hydrogens (tertiary/aromatic N) is 1. The van der Waals surface area contributed by atoms with Gasteiger partial charge in [-0.15, -0.1) is 0 Å². The molecule has 1 aromatic carbocycles. The smallest absolute Gasteiger partial charge is 0.254 e. The van der Waals surface area contributed by atoms with Crippen LogP contribution >= 0.6 is 31.9 Å². The third kappa shape index (κ3) is 3.60. The summed E-state index contributed by atoms with van der Waals surface area (Å²) in [6.45, 7) is 5.94. The molecule has 0 radical (unpaired) electrons. The molecule has 0 saturated carbocycles. The number of amides is 1. The zero-order valence-corrected chi connectivity index (χ0v) is 14.5. The van der Waals surface area contributed by atoms with Crippen molar-refractivity contribution in [2.45, 2.75) is 31.5 Å². The number of carbonyl (C=O) groups is 1. The van der Waals surface area contributed by atoms with Gasteiger partial charge in [0.15, 0.2) is 0 Å². The fourth-order valence-corrected chi connectivity index (χ4v) is 3.72. The van der Waals surface area contributed by atoms with E-state index >= 15 is 0 Å². The van der Waals surface area contributed by atoms with Gasteiger partial charge < -0.3 is 4.90 Å². The zero-order valence-electron chi connectivity index (χ0n) is 11.3. The quantitative estimate of drug-likeness (QED) is 0.688. The van der Waals surface area contributed by atoms with Gasteiger partial charge in [0.2, 0.25) is 0 Å². The molecule has 1 heterocycles. The van der Waals surface area contributed by atoms with Crippen LogP contribution in [0.4, 0.5) is 0 Å². The molecular weight excluding hydrogens is 370 g/mol. The summed E-state index contributed by atoms with van der Waals surface area (Å²) in [6.07, 6.45) is 2.17. The first-order valence-electron chi connectivity index (χ1n) is 6.68. The second kappa shape index (κ2) is 6.40. The van der Waals surface area contributed by atoms with Gasteiger partial charge in [0.05, 0.1) is 5.56 Å². The molecule has 1 fully saturated rings. The standard InChI is InChI=1S/C15H19Br2NO/c1-10-3-4-13(14(17)9-10)15(19)18-7-5-12(6-8-18)11(2)16/h3-4,9,11-12H,5-8H2,1-2H3. The van der Waals surface area contributed by atoms with E-state index in [9.17, 15) is 4.79 Å². The molecule has 1 unspecified atom stereocenters. The molecule has 1 aromatic rings. The Balaban J connectivity index is 2.05. The van der Waals surface area contributed by atoms with Gasteiger partial charge >= 0.3 is 0 Å². The van der Waals surface area contributed by atoms with Gasteiger partial charge in [-0.2, -0.15) is 0 Å². The van der Waals surface area contributed by atoms with Gasteiger partial charge in [0.25, 0.3) is 5.91 Å². The summed E-state index contributed by atoms with van der Waals surface area (Å²) in [4.78, 5) is 15.0. The lowest BCUT2D eigenvalue weighted by molar-refractivity contribution is 0.0690.